The molecule has 2 aromatic carbocycles. The summed E-state index contributed by atoms with van der Waals surface area (Å²) in [6, 6.07) is 6.09. The van der Waals surface area contributed by atoms with Gasteiger partial charge >= 0.3 is 6.18 Å². The van der Waals surface area contributed by atoms with Crippen molar-refractivity contribution >= 4 is 34.2 Å². The minimum absolute atomic E-state index is 0.342. The smallest absolute Gasteiger partial charge is 0.331 e. The fraction of sp³-hybridized carbons (Fsp3) is 0.458. The van der Waals surface area contributed by atoms with Crippen LogP contribution < -0.4 is 0 Å². The Kier molecular flexibility index (Phi) is 6.49. The summed E-state index contributed by atoms with van der Waals surface area (Å²) in [5.74, 6) is 1.37. The van der Waals surface area contributed by atoms with E-state index in [2.05, 4.69) is 16.8 Å². The van der Waals surface area contributed by atoms with Crippen LogP contribution in [0.15, 0.2) is 24.3 Å². The van der Waals surface area contributed by atoms with Gasteiger partial charge in [0, 0.05) is 25.0 Å². The van der Waals surface area contributed by atoms with Crippen LogP contribution in [0.3, 0.4) is 0 Å². The van der Waals surface area contributed by atoms with Crippen LogP contribution in [0, 0.1) is 12.8 Å². The second kappa shape index (κ2) is 8.88. The number of rotatable bonds is 4. The molecule has 0 aliphatic carbocycles. The monoisotopic (exact) mass is 483 g/mol. The number of piperidine rings is 1. The molecule has 1 saturated heterocycles. The van der Waals surface area contributed by atoms with Crippen LogP contribution in [0.5, 0.6) is 0 Å². The molecule has 1 aliphatic rings. The van der Waals surface area contributed by atoms with Crippen molar-refractivity contribution in [3.8, 4) is 0 Å². The summed E-state index contributed by atoms with van der Waals surface area (Å²) >= 11 is 13.3. The second-order valence-corrected chi connectivity index (χ2v) is 9.67. The molecule has 0 spiro atoms. The summed E-state index contributed by atoms with van der Waals surface area (Å²) in [6.45, 7) is 6.77. The SMILES string of the molecule is Cc1cc(C(F)(F)F)cc2c1nc(Cc1c(Cl)ccc(CN3CCC(C)CC3)c1Cl)n2C. The second-order valence-electron chi connectivity index (χ2n) is 8.88. The minimum Gasteiger partial charge on any atom is -0.331 e. The summed E-state index contributed by atoms with van der Waals surface area (Å²) < 4.78 is 41.5. The van der Waals surface area contributed by atoms with Gasteiger partial charge in [-0.3, -0.25) is 4.90 Å². The lowest BCUT2D eigenvalue weighted by atomic mass is 9.98. The van der Waals surface area contributed by atoms with Gasteiger partial charge in [0.2, 0.25) is 0 Å². The van der Waals surface area contributed by atoms with Crippen molar-refractivity contribution < 1.29 is 13.2 Å². The zero-order chi connectivity index (χ0) is 23.2. The number of hydrogen-bond donors (Lipinski definition) is 0. The summed E-state index contributed by atoms with van der Waals surface area (Å²) in [5.41, 5.74) is 2.57. The van der Waals surface area contributed by atoms with Crippen LogP contribution >= 0.6 is 23.2 Å². The van der Waals surface area contributed by atoms with Gasteiger partial charge in [-0.25, -0.2) is 4.98 Å². The van der Waals surface area contributed by atoms with Crippen molar-refractivity contribution in [1.29, 1.82) is 0 Å². The van der Waals surface area contributed by atoms with Gasteiger partial charge in [0.1, 0.15) is 5.82 Å². The van der Waals surface area contributed by atoms with Crippen LogP contribution in [0.1, 0.15) is 47.8 Å². The zero-order valence-electron chi connectivity index (χ0n) is 18.4. The van der Waals surface area contributed by atoms with E-state index in [1.165, 1.54) is 12.8 Å². The molecule has 0 amide bonds. The van der Waals surface area contributed by atoms with Crippen LogP contribution in [0.2, 0.25) is 10.0 Å². The average molecular weight is 484 g/mol. The van der Waals surface area contributed by atoms with Crippen molar-refractivity contribution in [1.82, 2.24) is 14.5 Å². The highest BCUT2D eigenvalue weighted by Gasteiger charge is 2.32. The van der Waals surface area contributed by atoms with E-state index in [1.54, 1.807) is 18.5 Å². The molecule has 0 unspecified atom stereocenters. The standard InChI is InChI=1S/C24H26Cl2F3N3/c1-14-6-8-32(9-7-14)13-16-4-5-19(25)18(22(16)26)12-21-30-23-15(2)10-17(24(27,28)29)11-20(23)31(21)3/h4-5,10-11,14H,6-9,12-13H2,1-3H3. The molecule has 172 valence electrons. The van der Waals surface area contributed by atoms with E-state index < -0.39 is 11.7 Å². The molecule has 3 nitrogen and oxygen atoms in total. The maximum absolute atomic E-state index is 13.3. The largest absolute Gasteiger partial charge is 0.416 e. The first kappa shape index (κ1) is 23.4. The first-order valence-corrected chi connectivity index (χ1v) is 11.5. The molecule has 0 atom stereocenters. The van der Waals surface area contributed by atoms with Crippen molar-refractivity contribution in [3.05, 3.63) is 62.4 Å². The van der Waals surface area contributed by atoms with E-state index in [9.17, 15) is 13.2 Å². The molecule has 0 saturated carbocycles. The van der Waals surface area contributed by atoms with Crippen LogP contribution in [0.25, 0.3) is 11.0 Å². The first-order chi connectivity index (χ1) is 15.0. The van der Waals surface area contributed by atoms with Crippen LogP contribution in [0.4, 0.5) is 13.2 Å². The number of nitrogens with zero attached hydrogens (tertiary/aromatic N) is 3. The number of aromatic nitrogens is 2. The molecule has 4 rings (SSSR count). The Morgan fingerprint density at radius 3 is 2.47 bits per heavy atom. The Morgan fingerprint density at radius 1 is 1.12 bits per heavy atom. The minimum atomic E-state index is -4.41. The first-order valence-electron chi connectivity index (χ1n) is 10.8. The zero-order valence-corrected chi connectivity index (χ0v) is 19.9. The lowest BCUT2D eigenvalue weighted by molar-refractivity contribution is -0.137. The fourth-order valence-electron chi connectivity index (χ4n) is 4.38. The predicted octanol–water partition coefficient (Wildman–Crippen LogP) is 7.03. The summed E-state index contributed by atoms with van der Waals surface area (Å²) in [5, 5.41) is 1.14. The highest BCUT2D eigenvalue weighted by molar-refractivity contribution is 6.36. The highest BCUT2D eigenvalue weighted by Crippen LogP contribution is 2.35. The number of benzene rings is 2. The van der Waals surface area contributed by atoms with E-state index in [0.717, 1.165) is 48.8 Å². The van der Waals surface area contributed by atoms with Gasteiger partial charge in [0.25, 0.3) is 0 Å². The Morgan fingerprint density at radius 2 is 1.81 bits per heavy atom. The lowest BCUT2D eigenvalue weighted by Crippen LogP contribution is -2.32. The number of halogens is 5. The van der Waals surface area contributed by atoms with Gasteiger partial charge in [0.15, 0.2) is 0 Å². The Balaban J connectivity index is 1.66. The topological polar surface area (TPSA) is 21.1 Å². The molecule has 1 aromatic heterocycles. The van der Waals surface area contributed by atoms with E-state index in [1.807, 2.05) is 12.1 Å². The van der Waals surface area contributed by atoms with E-state index >= 15 is 0 Å². The number of likely N-dealkylation sites (tertiary alicyclic amines) is 1. The summed E-state index contributed by atoms with van der Waals surface area (Å²) in [7, 11) is 1.73. The van der Waals surface area contributed by atoms with Crippen molar-refractivity contribution in [2.75, 3.05) is 13.1 Å². The van der Waals surface area contributed by atoms with Gasteiger partial charge in [-0.2, -0.15) is 13.2 Å². The summed E-state index contributed by atoms with van der Waals surface area (Å²) in [4.78, 5) is 7.03. The molecule has 1 aliphatic heterocycles. The number of hydrogen-bond acceptors (Lipinski definition) is 2. The molecule has 0 radical (unpaired) electrons. The average Bonchev–Trinajstić information content (AvgIpc) is 3.04. The molecule has 0 N–H and O–H groups in total. The van der Waals surface area contributed by atoms with Crippen molar-refractivity contribution in [2.24, 2.45) is 13.0 Å². The van der Waals surface area contributed by atoms with E-state index in [-0.39, 0.29) is 0 Å². The number of alkyl halides is 3. The molecular weight excluding hydrogens is 458 g/mol. The van der Waals surface area contributed by atoms with Gasteiger partial charge in [-0.1, -0.05) is 36.2 Å². The Labute approximate surface area is 196 Å². The van der Waals surface area contributed by atoms with Crippen LogP contribution in [-0.4, -0.2) is 27.5 Å². The van der Waals surface area contributed by atoms with E-state index in [4.69, 9.17) is 23.2 Å². The highest BCUT2D eigenvalue weighted by atomic mass is 35.5. The third kappa shape index (κ3) is 4.63. The quantitative estimate of drug-likeness (QED) is 0.397. The Hall–Kier alpha value is -1.76. The number of fused-ring (bicyclic) bond motifs is 1. The lowest BCUT2D eigenvalue weighted by Gasteiger charge is -2.30. The van der Waals surface area contributed by atoms with Gasteiger partial charge in [-0.05, 0) is 73.7 Å². The Bertz CT molecular complexity index is 1150. The van der Waals surface area contributed by atoms with Crippen molar-refractivity contribution in [2.45, 2.75) is 45.8 Å². The molecule has 2 heterocycles. The van der Waals surface area contributed by atoms with E-state index in [0.29, 0.717) is 38.9 Å². The predicted molar refractivity (Wildman–Crippen MR) is 123 cm³/mol. The third-order valence-corrected chi connectivity index (χ3v) is 7.29. The maximum Gasteiger partial charge on any atom is 0.416 e. The van der Waals surface area contributed by atoms with Gasteiger partial charge in [-0.15, -0.1) is 0 Å². The molecule has 1 fully saturated rings. The third-order valence-electron chi connectivity index (χ3n) is 6.47. The summed E-state index contributed by atoms with van der Waals surface area (Å²) in [6.07, 6.45) is -1.71. The van der Waals surface area contributed by atoms with Crippen LogP contribution in [-0.2, 0) is 26.2 Å². The molecule has 3 aromatic rings. The molecule has 32 heavy (non-hydrogen) atoms. The molecule has 0 bridgehead atoms. The normalized spacial score (nSPS) is 16.2. The number of imidazole rings is 1. The van der Waals surface area contributed by atoms with Gasteiger partial charge < -0.3 is 4.57 Å². The molecule has 8 heteroatoms. The fourth-order valence-corrected chi connectivity index (χ4v) is 4.94. The van der Waals surface area contributed by atoms with Gasteiger partial charge in [0.05, 0.1) is 21.6 Å². The van der Waals surface area contributed by atoms with Crippen molar-refractivity contribution in [3.63, 3.8) is 0 Å². The maximum atomic E-state index is 13.3. The molecular formula is C24H26Cl2F3N3. The number of aryl methyl sites for hydroxylation is 2.